The summed E-state index contributed by atoms with van der Waals surface area (Å²) in [4.78, 5) is 19.5. The van der Waals surface area contributed by atoms with E-state index >= 15 is 8.78 Å². The number of hydrogen-bond donors (Lipinski definition) is 5. The van der Waals surface area contributed by atoms with E-state index in [0.29, 0.717) is 0 Å². The monoisotopic (exact) mass is 624 g/mol. The Hall–Kier alpha value is -6.12. The molecular weight excluding hydrogens is 598 g/mol. The van der Waals surface area contributed by atoms with Gasteiger partial charge in [-0.1, -0.05) is 6.07 Å². The number of phenols is 1. The molecule has 0 aliphatic heterocycles. The van der Waals surface area contributed by atoms with Gasteiger partial charge in [-0.2, -0.15) is 13.8 Å². The normalized spacial score (nSPS) is 14.2. The van der Waals surface area contributed by atoms with Crippen LogP contribution in [0.2, 0.25) is 0 Å². The molecule has 1 heterocycles. The predicted octanol–water partition coefficient (Wildman–Crippen LogP) is 3.39. The van der Waals surface area contributed by atoms with Crippen LogP contribution in [0.25, 0.3) is 0 Å². The Morgan fingerprint density at radius 1 is 1.00 bits per heavy atom. The van der Waals surface area contributed by atoms with Crippen molar-refractivity contribution >= 4 is 23.4 Å². The number of nitrogens with one attached hydrogen (secondary N) is 1. The second-order valence-electron chi connectivity index (χ2n) is 8.89. The molecule has 0 saturated carbocycles. The van der Waals surface area contributed by atoms with Gasteiger partial charge in [0.15, 0.2) is 35.1 Å². The number of aliphatic imine (C=N–C) groups is 1. The van der Waals surface area contributed by atoms with Crippen LogP contribution < -0.4 is 31.4 Å². The molecule has 8 N–H and O–H groups in total. The summed E-state index contributed by atoms with van der Waals surface area (Å²) in [6.07, 6.45) is -0.150. The van der Waals surface area contributed by atoms with E-state index in [2.05, 4.69) is 9.98 Å². The Bertz CT molecular complexity index is 1800. The molecule has 45 heavy (non-hydrogen) atoms. The van der Waals surface area contributed by atoms with Crippen LogP contribution in [0.1, 0.15) is 5.56 Å². The van der Waals surface area contributed by atoms with E-state index < -0.39 is 46.7 Å². The number of allylic oxidation sites excluding steroid dienone is 1. The molecule has 0 radical (unpaired) electrons. The number of aromatic nitrogens is 1. The topological polar surface area (TPSA) is 220 Å². The largest absolute Gasteiger partial charge is 0.504 e. The van der Waals surface area contributed by atoms with Gasteiger partial charge in [0.05, 0.1) is 19.9 Å². The zero-order valence-corrected chi connectivity index (χ0v) is 23.9. The maximum Gasteiger partial charge on any atom is 0.263 e. The van der Waals surface area contributed by atoms with Crippen molar-refractivity contribution in [3.05, 3.63) is 88.6 Å². The average molecular weight is 625 g/mol. The van der Waals surface area contributed by atoms with Gasteiger partial charge in [0.1, 0.15) is 28.9 Å². The number of aromatic hydroxyl groups is 1. The minimum Gasteiger partial charge on any atom is -0.504 e. The highest BCUT2D eigenvalue weighted by atomic mass is 19.1. The van der Waals surface area contributed by atoms with Gasteiger partial charge in [0.2, 0.25) is 17.4 Å². The van der Waals surface area contributed by atoms with E-state index in [1.54, 1.807) is 5.94 Å². The molecular formula is C29H26F2N6O8. The highest BCUT2D eigenvalue weighted by Crippen LogP contribution is 2.42. The lowest BCUT2D eigenvalue weighted by molar-refractivity contribution is 0.102. The third-order valence-electron chi connectivity index (χ3n) is 6.01. The zero-order chi connectivity index (χ0) is 32.8. The third kappa shape index (κ3) is 6.77. The van der Waals surface area contributed by atoms with Gasteiger partial charge >= 0.3 is 0 Å². The summed E-state index contributed by atoms with van der Waals surface area (Å²) < 4.78 is 64.8. The van der Waals surface area contributed by atoms with E-state index in [0.717, 1.165) is 12.1 Å². The Morgan fingerprint density at radius 2 is 1.71 bits per heavy atom. The van der Waals surface area contributed by atoms with Gasteiger partial charge in [-0.25, -0.2) is 9.79 Å². The van der Waals surface area contributed by atoms with Gasteiger partial charge in [0, 0.05) is 24.8 Å². The third-order valence-corrected chi connectivity index (χ3v) is 6.01. The van der Waals surface area contributed by atoms with Crippen molar-refractivity contribution in [3.8, 4) is 34.8 Å². The molecule has 4 rings (SSSR count). The number of nitrogen functional groups attached to an aromatic ring is 1. The molecule has 2 aromatic carbocycles. The first kappa shape index (κ1) is 31.8. The summed E-state index contributed by atoms with van der Waals surface area (Å²) in [5.74, 6) is -6.22. The number of rotatable bonds is 11. The number of hydrogen-bond acceptors (Lipinski definition) is 11. The summed E-state index contributed by atoms with van der Waals surface area (Å²) >= 11 is 0. The Balaban J connectivity index is 1.91. The van der Waals surface area contributed by atoms with Crippen molar-refractivity contribution in [3.63, 3.8) is 0 Å². The minimum absolute atomic E-state index is 0.00579. The summed E-state index contributed by atoms with van der Waals surface area (Å²) in [7, 11) is 3.72. The minimum atomic E-state index is -1.50. The fourth-order valence-corrected chi connectivity index (χ4v) is 3.98. The maximum atomic E-state index is 16.0. The van der Waals surface area contributed by atoms with Crippen LogP contribution in [0, 0.1) is 17.0 Å². The second-order valence-corrected chi connectivity index (χ2v) is 8.89. The number of benzene rings is 2. The smallest absolute Gasteiger partial charge is 0.263 e. The fourth-order valence-electron chi connectivity index (χ4n) is 3.98. The molecule has 1 aliphatic carbocycles. The molecule has 14 nitrogen and oxygen atoms in total. The molecule has 0 saturated heterocycles. The SMILES string of the molecule is COC1=CC(OC)=C(Oc2c(F)c(Oc3cccc(N=C(N)N)c3)nc(Oc3cc(C(=N)N)ccc3O)c2F)C(OC)C1=C=O. The number of amidine groups is 1. The fraction of sp³-hybridized carbons (Fsp3) is 0.138. The highest BCUT2D eigenvalue weighted by molar-refractivity contribution is 5.95. The molecule has 0 spiro atoms. The first-order chi connectivity index (χ1) is 21.5. The average Bonchev–Trinajstić information content (AvgIpc) is 3.01. The summed E-state index contributed by atoms with van der Waals surface area (Å²) in [5.41, 5.74) is 16.5. The lowest BCUT2D eigenvalue weighted by Gasteiger charge is -2.26. The van der Waals surface area contributed by atoms with Gasteiger partial charge in [-0.3, -0.25) is 5.41 Å². The first-order valence-corrected chi connectivity index (χ1v) is 12.6. The molecule has 0 amide bonds. The summed E-state index contributed by atoms with van der Waals surface area (Å²) in [6, 6.07) is 9.36. The van der Waals surface area contributed by atoms with E-state index in [9.17, 15) is 9.90 Å². The number of nitrogens with zero attached hydrogens (tertiary/aromatic N) is 2. The first-order valence-electron chi connectivity index (χ1n) is 12.6. The van der Waals surface area contributed by atoms with Crippen molar-refractivity contribution in [2.75, 3.05) is 21.3 Å². The van der Waals surface area contributed by atoms with E-state index in [4.69, 9.17) is 51.0 Å². The number of ether oxygens (including phenoxy) is 6. The number of guanidine groups is 1. The van der Waals surface area contributed by atoms with Crippen LogP contribution in [-0.4, -0.2) is 55.3 Å². The molecule has 1 unspecified atom stereocenters. The van der Waals surface area contributed by atoms with Crippen LogP contribution in [0.3, 0.4) is 0 Å². The number of pyridine rings is 1. The van der Waals surface area contributed by atoms with Crippen molar-refractivity contribution in [1.82, 2.24) is 4.98 Å². The molecule has 1 aliphatic rings. The molecule has 3 aromatic rings. The maximum absolute atomic E-state index is 16.0. The lowest BCUT2D eigenvalue weighted by atomic mass is 10.0. The lowest BCUT2D eigenvalue weighted by Crippen LogP contribution is -2.28. The summed E-state index contributed by atoms with van der Waals surface area (Å²) in [6.45, 7) is 0. The van der Waals surface area contributed by atoms with Crippen molar-refractivity contribution in [2.45, 2.75) is 6.10 Å². The number of halogens is 2. The van der Waals surface area contributed by atoms with Crippen LogP contribution in [0.4, 0.5) is 14.5 Å². The van der Waals surface area contributed by atoms with Gasteiger partial charge in [-0.15, -0.1) is 0 Å². The second kappa shape index (κ2) is 13.5. The van der Waals surface area contributed by atoms with Gasteiger partial charge in [-0.05, 0) is 30.3 Å². The van der Waals surface area contributed by atoms with Crippen LogP contribution in [0.5, 0.6) is 34.8 Å². The van der Waals surface area contributed by atoms with Gasteiger partial charge < -0.3 is 50.7 Å². The highest BCUT2D eigenvalue weighted by Gasteiger charge is 2.36. The Labute approximate surface area is 254 Å². The van der Waals surface area contributed by atoms with Crippen molar-refractivity contribution in [1.29, 1.82) is 5.41 Å². The predicted molar refractivity (Wildman–Crippen MR) is 155 cm³/mol. The van der Waals surface area contributed by atoms with Crippen molar-refractivity contribution in [2.24, 2.45) is 22.2 Å². The van der Waals surface area contributed by atoms with E-state index in [1.165, 1.54) is 57.7 Å². The standard InChI is InChI=1S/C29H26F2N6O8/c1-40-18-11-20(41-2)24(23(42-3)16(18)12-38)45-25-21(30)27(43-15-6-4-5-14(10-15)36-29(34)35)37-28(22(25)31)44-19-9-13(26(32)33)7-8-17(19)39/h4-11,23,39H,1-3H3,(H3,32,33)(H4,34,35,36). The number of carbonyl (C=O) groups excluding carboxylic acids is 1. The van der Waals surface area contributed by atoms with Crippen LogP contribution in [-0.2, 0) is 19.0 Å². The molecule has 234 valence electrons. The molecule has 1 atom stereocenters. The molecule has 1 aromatic heterocycles. The van der Waals surface area contributed by atoms with E-state index in [1.807, 2.05) is 0 Å². The Morgan fingerprint density at radius 3 is 2.31 bits per heavy atom. The molecule has 0 fully saturated rings. The number of methoxy groups -OCH3 is 3. The van der Waals surface area contributed by atoms with Gasteiger partial charge in [0.25, 0.3) is 11.8 Å². The molecule has 0 bridgehead atoms. The quantitative estimate of drug-likeness (QED) is 0.118. The molecule has 16 heteroatoms. The Kier molecular flexibility index (Phi) is 9.51. The summed E-state index contributed by atoms with van der Waals surface area (Å²) in [5, 5.41) is 18.0. The number of nitrogens with two attached hydrogens (primary N) is 3. The van der Waals surface area contributed by atoms with Crippen LogP contribution >= 0.6 is 0 Å². The van der Waals surface area contributed by atoms with Crippen molar-refractivity contribution < 1.29 is 47.1 Å². The van der Waals surface area contributed by atoms with Crippen LogP contribution in [0.15, 0.2) is 76.4 Å². The zero-order valence-electron chi connectivity index (χ0n) is 23.9. The van der Waals surface area contributed by atoms with E-state index in [-0.39, 0.29) is 51.6 Å². The number of phenolic OH excluding ortho intramolecular Hbond substituents is 1.